The molecule has 0 radical (unpaired) electrons. The summed E-state index contributed by atoms with van der Waals surface area (Å²) in [5, 5.41) is 5.77. The molecule has 0 fully saturated rings. The molecule has 0 atom stereocenters. The molecule has 4 N–H and O–H groups in total. The van der Waals surface area contributed by atoms with Gasteiger partial charge in [0.05, 0.1) is 13.7 Å². The van der Waals surface area contributed by atoms with Gasteiger partial charge in [-0.15, -0.1) is 24.0 Å². The number of aliphatic imine (C=N–C) groups is 1. The van der Waals surface area contributed by atoms with Gasteiger partial charge in [0, 0.05) is 12.2 Å². The third kappa shape index (κ3) is 7.80. The van der Waals surface area contributed by atoms with Crippen LogP contribution in [0, 0.1) is 13.8 Å². The molecule has 2 aromatic rings. The summed E-state index contributed by atoms with van der Waals surface area (Å²) >= 11 is 0. The van der Waals surface area contributed by atoms with Crippen molar-refractivity contribution in [2.45, 2.75) is 27.3 Å². The van der Waals surface area contributed by atoms with E-state index in [1.54, 1.807) is 13.2 Å². The first-order chi connectivity index (χ1) is 13.4. The molecule has 7 nitrogen and oxygen atoms in total. The number of ether oxygens (including phenoxy) is 2. The number of benzene rings is 2. The Kier molecular flexibility index (Phi) is 10.3. The molecule has 0 unspecified atom stereocenters. The van der Waals surface area contributed by atoms with Gasteiger partial charge in [-0.3, -0.25) is 4.79 Å². The van der Waals surface area contributed by atoms with Gasteiger partial charge in [0.1, 0.15) is 0 Å². The van der Waals surface area contributed by atoms with Gasteiger partial charge >= 0.3 is 0 Å². The summed E-state index contributed by atoms with van der Waals surface area (Å²) < 4.78 is 10.9. The van der Waals surface area contributed by atoms with E-state index in [1.165, 1.54) is 11.1 Å². The number of nitrogens with two attached hydrogens (primary N) is 1. The Morgan fingerprint density at radius 3 is 2.52 bits per heavy atom. The second-order valence-electron chi connectivity index (χ2n) is 6.35. The minimum absolute atomic E-state index is 0. The van der Waals surface area contributed by atoms with Gasteiger partial charge in [-0.2, -0.15) is 0 Å². The lowest BCUT2D eigenvalue weighted by Gasteiger charge is -2.12. The Hall–Kier alpha value is -2.49. The van der Waals surface area contributed by atoms with Gasteiger partial charge in [-0.1, -0.05) is 12.1 Å². The van der Waals surface area contributed by atoms with E-state index in [0.29, 0.717) is 30.5 Å². The van der Waals surface area contributed by atoms with Crippen molar-refractivity contribution in [3.05, 3.63) is 53.1 Å². The molecule has 0 aliphatic heterocycles. The molecule has 0 aromatic heterocycles. The van der Waals surface area contributed by atoms with Crippen LogP contribution in [0.5, 0.6) is 11.5 Å². The van der Waals surface area contributed by atoms with Crippen molar-refractivity contribution in [1.29, 1.82) is 0 Å². The minimum atomic E-state index is -0.177. The van der Waals surface area contributed by atoms with Crippen LogP contribution in [0.2, 0.25) is 0 Å². The predicted molar refractivity (Wildman–Crippen MR) is 127 cm³/mol. The second-order valence-corrected chi connectivity index (χ2v) is 6.35. The summed E-state index contributed by atoms with van der Waals surface area (Å²) in [5.74, 6) is 1.20. The largest absolute Gasteiger partial charge is 0.493 e. The molecule has 1 amide bonds. The fourth-order valence-electron chi connectivity index (χ4n) is 2.50. The molecule has 2 aromatic carbocycles. The van der Waals surface area contributed by atoms with Crippen LogP contribution in [0.3, 0.4) is 0 Å². The van der Waals surface area contributed by atoms with Crippen molar-refractivity contribution in [2.75, 3.05) is 25.6 Å². The maximum absolute atomic E-state index is 11.5. The fourth-order valence-corrected chi connectivity index (χ4v) is 2.50. The van der Waals surface area contributed by atoms with Crippen LogP contribution in [0.4, 0.5) is 5.69 Å². The molecule has 2 rings (SSSR count). The number of hydrogen-bond acceptors (Lipinski definition) is 4. The summed E-state index contributed by atoms with van der Waals surface area (Å²) in [4.78, 5) is 15.9. The average molecular weight is 512 g/mol. The Morgan fingerprint density at radius 2 is 1.86 bits per heavy atom. The third-order valence-corrected chi connectivity index (χ3v) is 4.17. The minimum Gasteiger partial charge on any atom is -0.493 e. The number of anilines is 1. The zero-order valence-electron chi connectivity index (χ0n) is 17.2. The highest BCUT2D eigenvalue weighted by Crippen LogP contribution is 2.28. The summed E-state index contributed by atoms with van der Waals surface area (Å²) in [6.45, 7) is 6.86. The SMILES string of the molecule is CCNC(=O)COc1ccc(CN=C(N)Nc2ccc(C)c(C)c2)cc1OC.I. The summed E-state index contributed by atoms with van der Waals surface area (Å²) in [6, 6.07) is 11.5. The van der Waals surface area contributed by atoms with Crippen LogP contribution in [0.25, 0.3) is 0 Å². The highest BCUT2D eigenvalue weighted by molar-refractivity contribution is 14.0. The van der Waals surface area contributed by atoms with Crippen LogP contribution in [0.15, 0.2) is 41.4 Å². The van der Waals surface area contributed by atoms with Crippen LogP contribution in [0.1, 0.15) is 23.6 Å². The first kappa shape index (κ1) is 24.5. The van der Waals surface area contributed by atoms with Crippen LogP contribution < -0.4 is 25.8 Å². The first-order valence-electron chi connectivity index (χ1n) is 9.13. The number of amides is 1. The highest BCUT2D eigenvalue weighted by Gasteiger charge is 2.08. The van der Waals surface area contributed by atoms with Crippen molar-refractivity contribution in [3.8, 4) is 11.5 Å². The molecule has 0 spiro atoms. The molecule has 0 saturated heterocycles. The van der Waals surface area contributed by atoms with Gasteiger partial charge in [0.2, 0.25) is 0 Å². The number of nitrogens with zero attached hydrogens (tertiary/aromatic N) is 1. The zero-order chi connectivity index (χ0) is 20.5. The highest BCUT2D eigenvalue weighted by atomic mass is 127. The van der Waals surface area contributed by atoms with Gasteiger partial charge in [-0.05, 0) is 61.7 Å². The van der Waals surface area contributed by atoms with Gasteiger partial charge in [0.25, 0.3) is 5.91 Å². The Bertz CT molecular complexity index is 856. The molecule has 8 heteroatoms. The monoisotopic (exact) mass is 512 g/mol. The number of guanidine groups is 1. The number of carbonyl (C=O) groups excluding carboxylic acids is 1. The number of aryl methyl sites for hydroxylation is 2. The van der Waals surface area contributed by atoms with Crippen LogP contribution in [-0.2, 0) is 11.3 Å². The van der Waals surface area contributed by atoms with Crippen molar-refractivity contribution >= 4 is 41.5 Å². The number of rotatable bonds is 8. The number of hydrogen-bond donors (Lipinski definition) is 3. The molecule has 0 aliphatic carbocycles. The van der Waals surface area contributed by atoms with E-state index in [2.05, 4.69) is 29.5 Å². The Labute approximate surface area is 189 Å². The second kappa shape index (κ2) is 12.2. The van der Waals surface area contributed by atoms with E-state index in [1.807, 2.05) is 37.3 Å². The first-order valence-corrected chi connectivity index (χ1v) is 9.13. The number of halogens is 1. The lowest BCUT2D eigenvalue weighted by Crippen LogP contribution is -2.28. The van der Waals surface area contributed by atoms with Crippen molar-refractivity contribution in [1.82, 2.24) is 5.32 Å². The maximum atomic E-state index is 11.5. The van der Waals surface area contributed by atoms with E-state index in [4.69, 9.17) is 15.2 Å². The molecule has 0 bridgehead atoms. The van der Waals surface area contributed by atoms with Crippen LogP contribution >= 0.6 is 24.0 Å². The van der Waals surface area contributed by atoms with Crippen molar-refractivity contribution in [3.63, 3.8) is 0 Å². The van der Waals surface area contributed by atoms with E-state index < -0.39 is 0 Å². The number of nitrogens with one attached hydrogen (secondary N) is 2. The fraction of sp³-hybridized carbons (Fsp3) is 0.333. The number of likely N-dealkylation sites (N-methyl/N-ethyl adjacent to an activating group) is 1. The predicted octanol–water partition coefficient (Wildman–Crippen LogP) is 3.37. The van der Waals surface area contributed by atoms with Crippen molar-refractivity contribution < 1.29 is 14.3 Å². The molecule has 29 heavy (non-hydrogen) atoms. The average Bonchev–Trinajstić information content (AvgIpc) is 2.68. The Morgan fingerprint density at radius 1 is 1.10 bits per heavy atom. The maximum Gasteiger partial charge on any atom is 0.257 e. The molecule has 0 saturated carbocycles. The summed E-state index contributed by atoms with van der Waals surface area (Å²) in [6.07, 6.45) is 0. The van der Waals surface area contributed by atoms with Crippen LogP contribution in [-0.4, -0.2) is 32.1 Å². The van der Waals surface area contributed by atoms with E-state index in [0.717, 1.165) is 11.3 Å². The quantitative estimate of drug-likeness (QED) is 0.286. The zero-order valence-corrected chi connectivity index (χ0v) is 19.6. The molecular weight excluding hydrogens is 483 g/mol. The summed E-state index contributed by atoms with van der Waals surface area (Å²) in [5.41, 5.74) is 10.2. The van der Waals surface area contributed by atoms with Gasteiger partial charge in [0.15, 0.2) is 24.1 Å². The van der Waals surface area contributed by atoms with E-state index in [-0.39, 0.29) is 36.5 Å². The lowest BCUT2D eigenvalue weighted by molar-refractivity contribution is -0.123. The topological polar surface area (TPSA) is 98.0 Å². The normalized spacial score (nSPS) is 10.7. The smallest absolute Gasteiger partial charge is 0.257 e. The third-order valence-electron chi connectivity index (χ3n) is 4.17. The summed E-state index contributed by atoms with van der Waals surface area (Å²) in [7, 11) is 1.55. The lowest BCUT2D eigenvalue weighted by atomic mass is 10.1. The van der Waals surface area contributed by atoms with Crippen molar-refractivity contribution in [2.24, 2.45) is 10.7 Å². The van der Waals surface area contributed by atoms with Gasteiger partial charge in [-0.25, -0.2) is 4.99 Å². The van der Waals surface area contributed by atoms with E-state index in [9.17, 15) is 4.79 Å². The standard InChI is InChI=1S/C21H28N4O3.HI/c1-5-23-20(26)13-28-18-9-7-16(11-19(18)27-4)12-24-21(22)25-17-8-6-14(2)15(3)10-17;/h6-11H,5,12-13H2,1-4H3,(H,23,26)(H3,22,24,25);1H. The number of methoxy groups -OCH3 is 1. The molecule has 0 heterocycles. The molecular formula is C21H29IN4O3. The number of carbonyl (C=O) groups is 1. The Balaban J connectivity index is 0.00000420. The van der Waals surface area contributed by atoms with E-state index >= 15 is 0 Å². The van der Waals surface area contributed by atoms with Gasteiger partial charge < -0.3 is 25.8 Å². The molecule has 0 aliphatic rings. The molecule has 158 valence electrons.